The first kappa shape index (κ1) is 16.3. The van der Waals surface area contributed by atoms with Gasteiger partial charge >= 0.3 is 0 Å². The van der Waals surface area contributed by atoms with Crippen LogP contribution in [0.2, 0.25) is 0 Å². The number of nitrogens with zero attached hydrogens (tertiary/aromatic N) is 3. The fourth-order valence-corrected chi connectivity index (χ4v) is 3.82. The zero-order chi connectivity index (χ0) is 18.0. The Labute approximate surface area is 145 Å². The van der Waals surface area contributed by atoms with Gasteiger partial charge < -0.3 is 14.7 Å². The summed E-state index contributed by atoms with van der Waals surface area (Å²) in [6, 6.07) is 3.10. The van der Waals surface area contributed by atoms with Crippen molar-refractivity contribution in [2.45, 2.75) is 58.3 Å². The number of aliphatic hydroxyl groups is 1. The second kappa shape index (κ2) is 5.17. The lowest BCUT2D eigenvalue weighted by Crippen LogP contribution is -2.56. The van der Waals surface area contributed by atoms with Crippen molar-refractivity contribution in [1.82, 2.24) is 15.2 Å². The number of piperidine rings is 1. The molecule has 134 valence electrons. The molecule has 3 heterocycles. The summed E-state index contributed by atoms with van der Waals surface area (Å²) in [6.45, 7) is 8.48. The van der Waals surface area contributed by atoms with Crippen LogP contribution in [0.1, 0.15) is 52.1 Å². The van der Waals surface area contributed by atoms with E-state index in [-0.39, 0.29) is 11.3 Å². The number of amides is 1. The first-order chi connectivity index (χ1) is 11.7. The Hall–Kier alpha value is -2.15. The van der Waals surface area contributed by atoms with E-state index in [4.69, 9.17) is 9.37 Å². The van der Waals surface area contributed by atoms with Crippen LogP contribution in [-0.4, -0.2) is 44.5 Å². The highest BCUT2D eigenvalue weighted by Gasteiger charge is 2.48. The minimum atomic E-state index is -0.845. The van der Waals surface area contributed by atoms with Crippen LogP contribution in [-0.2, 0) is 4.79 Å². The van der Waals surface area contributed by atoms with Crippen molar-refractivity contribution in [3.8, 4) is 5.75 Å². The summed E-state index contributed by atoms with van der Waals surface area (Å²) in [5.74, 6) is 0.670. The summed E-state index contributed by atoms with van der Waals surface area (Å²) in [7, 11) is 0. The Morgan fingerprint density at radius 3 is 2.56 bits per heavy atom. The van der Waals surface area contributed by atoms with Crippen molar-refractivity contribution in [1.29, 1.82) is 0 Å². The first-order valence-corrected chi connectivity index (χ1v) is 8.61. The molecule has 1 fully saturated rings. The Kier molecular flexibility index (Phi) is 3.38. The minimum Gasteiger partial charge on any atom is -0.485 e. The topological polar surface area (TPSA) is 88.7 Å². The maximum absolute atomic E-state index is 12.8. The van der Waals surface area contributed by atoms with E-state index in [0.717, 1.165) is 12.0 Å². The van der Waals surface area contributed by atoms with Crippen LogP contribution in [0.3, 0.4) is 0 Å². The van der Waals surface area contributed by atoms with Crippen molar-refractivity contribution in [2.75, 3.05) is 6.54 Å². The van der Waals surface area contributed by atoms with Crippen molar-refractivity contribution >= 4 is 16.9 Å². The summed E-state index contributed by atoms with van der Waals surface area (Å²) in [4.78, 5) is 14.6. The predicted molar refractivity (Wildman–Crippen MR) is 90.0 cm³/mol. The number of hydrogen-bond acceptors (Lipinski definition) is 6. The Bertz CT molecular complexity index is 842. The van der Waals surface area contributed by atoms with E-state index in [9.17, 15) is 9.90 Å². The molecule has 7 heteroatoms. The van der Waals surface area contributed by atoms with Crippen LogP contribution >= 0.6 is 0 Å². The maximum Gasteiger partial charge on any atom is 0.223 e. The number of carbonyl (C=O) groups is 1. The molecule has 2 aliphatic rings. The van der Waals surface area contributed by atoms with Crippen LogP contribution in [0.25, 0.3) is 11.0 Å². The van der Waals surface area contributed by atoms with Crippen LogP contribution in [0.15, 0.2) is 16.8 Å². The predicted octanol–water partition coefficient (Wildman–Crippen LogP) is 2.44. The lowest BCUT2D eigenvalue weighted by Gasteiger charge is -2.48. The molecule has 1 aromatic heterocycles. The van der Waals surface area contributed by atoms with E-state index in [2.05, 4.69) is 24.2 Å². The van der Waals surface area contributed by atoms with E-state index >= 15 is 0 Å². The zero-order valence-corrected chi connectivity index (χ0v) is 14.9. The average Bonchev–Trinajstić information content (AvgIpc) is 2.94. The number of likely N-dealkylation sites (tertiary alicyclic amines) is 1. The monoisotopic (exact) mass is 345 g/mol. The third-order valence-electron chi connectivity index (χ3n) is 5.40. The summed E-state index contributed by atoms with van der Waals surface area (Å²) in [5, 5.41) is 18.7. The molecule has 0 aliphatic carbocycles. The van der Waals surface area contributed by atoms with Gasteiger partial charge in [0.15, 0.2) is 0 Å². The van der Waals surface area contributed by atoms with Gasteiger partial charge in [0.25, 0.3) is 0 Å². The molecule has 2 aromatic rings. The molecule has 0 bridgehead atoms. The van der Waals surface area contributed by atoms with Crippen molar-refractivity contribution < 1.29 is 19.3 Å². The van der Waals surface area contributed by atoms with Gasteiger partial charge in [0.1, 0.15) is 28.5 Å². The van der Waals surface area contributed by atoms with Gasteiger partial charge in [-0.3, -0.25) is 4.79 Å². The number of hydrogen-bond donors (Lipinski definition) is 1. The molecule has 0 saturated carbocycles. The van der Waals surface area contributed by atoms with Gasteiger partial charge in [-0.1, -0.05) is 13.8 Å². The van der Waals surface area contributed by atoms with E-state index < -0.39 is 17.7 Å². The second-order valence-corrected chi connectivity index (χ2v) is 8.42. The van der Waals surface area contributed by atoms with E-state index in [1.54, 1.807) is 17.0 Å². The summed E-state index contributed by atoms with van der Waals surface area (Å²) in [5.41, 5.74) is 1.10. The molecule has 2 aliphatic heterocycles. The van der Waals surface area contributed by atoms with Gasteiger partial charge in [-0.25, -0.2) is 4.63 Å². The lowest BCUT2D eigenvalue weighted by atomic mass is 9.79. The van der Waals surface area contributed by atoms with Gasteiger partial charge in [-0.15, -0.1) is 0 Å². The summed E-state index contributed by atoms with van der Waals surface area (Å²) >= 11 is 0. The van der Waals surface area contributed by atoms with Crippen LogP contribution in [0, 0.1) is 5.41 Å². The van der Waals surface area contributed by atoms with Gasteiger partial charge in [0.05, 0.1) is 6.04 Å². The number of aliphatic hydroxyl groups excluding tert-OH is 1. The van der Waals surface area contributed by atoms with Gasteiger partial charge in [0.2, 0.25) is 5.91 Å². The SMILES string of the molecule is CC1(C)CCN(C2c3cc4nonc4cc3OC(C)(C)C2O)C(=O)C1. The third kappa shape index (κ3) is 2.57. The standard InChI is InChI=1S/C18H23N3O4/c1-17(2)5-6-21(14(22)9-17)15-10-7-11-12(20-25-19-11)8-13(10)24-18(3,4)16(15)23/h7-8,15-16,23H,5-6,9H2,1-4H3. The number of aromatic nitrogens is 2. The van der Waals surface area contributed by atoms with Crippen molar-refractivity contribution in [2.24, 2.45) is 5.41 Å². The lowest BCUT2D eigenvalue weighted by molar-refractivity contribution is -0.151. The third-order valence-corrected chi connectivity index (χ3v) is 5.40. The first-order valence-electron chi connectivity index (χ1n) is 8.61. The molecule has 2 unspecified atom stereocenters. The van der Waals surface area contributed by atoms with E-state index in [1.807, 2.05) is 13.8 Å². The molecule has 1 N–H and O–H groups in total. The highest BCUT2D eigenvalue weighted by atomic mass is 16.6. The summed E-state index contributed by atoms with van der Waals surface area (Å²) in [6.07, 6.45) is 0.523. The molecule has 7 nitrogen and oxygen atoms in total. The van der Waals surface area contributed by atoms with Gasteiger partial charge in [-0.05, 0) is 42.1 Å². The van der Waals surface area contributed by atoms with E-state index in [0.29, 0.717) is 29.7 Å². The van der Waals surface area contributed by atoms with Gasteiger partial charge in [-0.2, -0.15) is 0 Å². The molecular formula is C18H23N3O4. The molecule has 0 spiro atoms. The van der Waals surface area contributed by atoms with Crippen molar-refractivity contribution in [3.63, 3.8) is 0 Å². The quantitative estimate of drug-likeness (QED) is 0.854. The number of benzene rings is 1. The largest absolute Gasteiger partial charge is 0.485 e. The fourth-order valence-electron chi connectivity index (χ4n) is 3.82. The molecule has 1 saturated heterocycles. The smallest absolute Gasteiger partial charge is 0.223 e. The molecule has 4 rings (SSSR count). The number of rotatable bonds is 1. The normalized spacial score (nSPS) is 27.9. The minimum absolute atomic E-state index is 0.0119. The Morgan fingerprint density at radius 1 is 1.20 bits per heavy atom. The average molecular weight is 345 g/mol. The molecule has 1 amide bonds. The van der Waals surface area contributed by atoms with Gasteiger partial charge in [0, 0.05) is 24.6 Å². The van der Waals surface area contributed by atoms with E-state index in [1.165, 1.54) is 0 Å². The fraction of sp³-hybridized carbons (Fsp3) is 0.611. The molecular weight excluding hydrogens is 322 g/mol. The summed E-state index contributed by atoms with van der Waals surface area (Å²) < 4.78 is 10.8. The number of fused-ring (bicyclic) bond motifs is 2. The Morgan fingerprint density at radius 2 is 1.88 bits per heavy atom. The van der Waals surface area contributed by atoms with Crippen LogP contribution in [0.4, 0.5) is 0 Å². The highest BCUT2D eigenvalue weighted by molar-refractivity contribution is 5.80. The molecule has 1 aromatic carbocycles. The number of ether oxygens (including phenoxy) is 1. The zero-order valence-electron chi connectivity index (χ0n) is 14.9. The van der Waals surface area contributed by atoms with Crippen LogP contribution in [0.5, 0.6) is 5.75 Å². The maximum atomic E-state index is 12.8. The molecule has 25 heavy (non-hydrogen) atoms. The number of carbonyl (C=O) groups excluding carboxylic acids is 1. The Balaban J connectivity index is 1.82. The second-order valence-electron chi connectivity index (χ2n) is 8.42. The van der Waals surface area contributed by atoms with Crippen molar-refractivity contribution in [3.05, 3.63) is 17.7 Å². The molecule has 0 radical (unpaired) electrons. The highest BCUT2D eigenvalue weighted by Crippen LogP contribution is 2.46. The van der Waals surface area contributed by atoms with Crippen LogP contribution < -0.4 is 4.74 Å². The molecule has 2 atom stereocenters.